The molecular formula is C36H41FN4O3. The Bertz CT molecular complexity index is 1670. The zero-order chi connectivity index (χ0) is 30.8. The number of nitrogens with zero attached hydrogens (tertiary/aromatic N) is 4. The van der Waals surface area contributed by atoms with Gasteiger partial charge in [-0.2, -0.15) is 0 Å². The predicted octanol–water partition coefficient (Wildman–Crippen LogP) is 7.19. The van der Waals surface area contributed by atoms with Crippen molar-refractivity contribution in [3.05, 3.63) is 95.2 Å². The molecule has 2 fully saturated rings. The van der Waals surface area contributed by atoms with Crippen LogP contribution in [0.25, 0.3) is 16.6 Å². The number of carbonyl (C=O) groups excluding carboxylic acids is 1. The summed E-state index contributed by atoms with van der Waals surface area (Å²) in [6.07, 6.45) is 3.31. The van der Waals surface area contributed by atoms with Crippen LogP contribution in [0.2, 0.25) is 0 Å². The van der Waals surface area contributed by atoms with Crippen LogP contribution in [0, 0.1) is 11.7 Å². The Morgan fingerprint density at radius 3 is 2.52 bits per heavy atom. The highest BCUT2D eigenvalue weighted by Gasteiger charge is 2.26. The third kappa shape index (κ3) is 6.61. The summed E-state index contributed by atoms with van der Waals surface area (Å²) >= 11 is 0. The summed E-state index contributed by atoms with van der Waals surface area (Å²) < 4.78 is 28.7. The first-order valence-corrected chi connectivity index (χ1v) is 15.7. The zero-order valence-electron chi connectivity index (χ0n) is 25.9. The number of rotatable bonds is 11. The number of fused-ring (bicyclic) bond motifs is 1. The summed E-state index contributed by atoms with van der Waals surface area (Å²) in [6.45, 7) is 14.2. The number of aromatic nitrogens is 3. The van der Waals surface area contributed by atoms with Gasteiger partial charge < -0.3 is 14.0 Å². The van der Waals surface area contributed by atoms with Crippen LogP contribution in [0.5, 0.6) is 5.88 Å². The number of allylic oxidation sites excluding steroid dienone is 1. The highest BCUT2D eigenvalue weighted by Crippen LogP contribution is 2.30. The molecule has 7 nitrogen and oxygen atoms in total. The molecule has 0 radical (unpaired) electrons. The molecule has 2 aliphatic heterocycles. The summed E-state index contributed by atoms with van der Waals surface area (Å²) in [5, 5.41) is 0. The molecule has 1 atom stereocenters. The lowest BCUT2D eigenvalue weighted by molar-refractivity contribution is -0.0592. The van der Waals surface area contributed by atoms with Gasteiger partial charge in [-0.15, -0.1) is 0 Å². The second-order valence-corrected chi connectivity index (χ2v) is 12.5. The normalized spacial score (nSPS) is 17.6. The van der Waals surface area contributed by atoms with E-state index in [0.29, 0.717) is 22.9 Å². The SMILES string of the molecule is C=C(C)c1ccc2nc(CN3CCC(c4cccc(OCc5ccc(C(=O)C(C)C)cc5F)n4)CC3)n(CC3CCO3)c2c1. The average molecular weight is 597 g/mol. The molecule has 4 aromatic rings. The first kappa shape index (κ1) is 30.2. The fourth-order valence-corrected chi connectivity index (χ4v) is 6.02. The van der Waals surface area contributed by atoms with E-state index in [9.17, 15) is 9.18 Å². The topological polar surface area (TPSA) is 69.5 Å². The van der Waals surface area contributed by atoms with Crippen molar-refractivity contribution < 1.29 is 18.7 Å². The van der Waals surface area contributed by atoms with Crippen molar-refractivity contribution in [3.63, 3.8) is 0 Å². The number of halogens is 1. The summed E-state index contributed by atoms with van der Waals surface area (Å²) in [6, 6.07) is 16.8. The fraction of sp³-hybridized carbons (Fsp3) is 0.417. The maximum Gasteiger partial charge on any atom is 0.213 e. The largest absolute Gasteiger partial charge is 0.473 e. The Morgan fingerprint density at radius 1 is 1.07 bits per heavy atom. The van der Waals surface area contributed by atoms with Crippen molar-refractivity contribution in [2.24, 2.45) is 5.92 Å². The van der Waals surface area contributed by atoms with Crippen molar-refractivity contribution in [3.8, 4) is 5.88 Å². The van der Waals surface area contributed by atoms with E-state index in [1.807, 2.05) is 32.9 Å². The number of ketones is 1. The molecule has 0 N–H and O–H groups in total. The number of imidazole rings is 1. The van der Waals surface area contributed by atoms with Crippen molar-refractivity contribution >= 4 is 22.4 Å². The number of hydrogen-bond donors (Lipinski definition) is 0. The lowest BCUT2D eigenvalue weighted by Crippen LogP contribution is -2.35. The van der Waals surface area contributed by atoms with E-state index in [4.69, 9.17) is 19.4 Å². The van der Waals surface area contributed by atoms with Crippen molar-refractivity contribution in [2.75, 3.05) is 19.7 Å². The molecule has 4 heterocycles. The molecule has 230 valence electrons. The van der Waals surface area contributed by atoms with Gasteiger partial charge in [0.05, 0.1) is 30.2 Å². The van der Waals surface area contributed by atoms with E-state index in [0.717, 1.165) is 85.7 Å². The Morgan fingerprint density at radius 2 is 1.84 bits per heavy atom. The summed E-state index contributed by atoms with van der Waals surface area (Å²) in [4.78, 5) is 24.5. The van der Waals surface area contributed by atoms with E-state index < -0.39 is 5.82 Å². The number of likely N-dealkylation sites (tertiary alicyclic amines) is 1. The van der Waals surface area contributed by atoms with Gasteiger partial charge >= 0.3 is 0 Å². The molecule has 2 aliphatic rings. The van der Waals surface area contributed by atoms with Crippen LogP contribution >= 0.6 is 0 Å². The Hall–Kier alpha value is -3.88. The van der Waals surface area contributed by atoms with Gasteiger partial charge in [0.2, 0.25) is 5.88 Å². The highest BCUT2D eigenvalue weighted by molar-refractivity contribution is 5.97. The minimum absolute atomic E-state index is 0.0532. The molecule has 2 saturated heterocycles. The van der Waals surface area contributed by atoms with E-state index >= 15 is 0 Å². The van der Waals surface area contributed by atoms with Crippen LogP contribution in [0.4, 0.5) is 4.39 Å². The van der Waals surface area contributed by atoms with Gasteiger partial charge in [0.25, 0.3) is 0 Å². The van der Waals surface area contributed by atoms with Crippen molar-refractivity contribution in [2.45, 2.75) is 71.8 Å². The van der Waals surface area contributed by atoms with Gasteiger partial charge in [-0.05, 0) is 69.1 Å². The van der Waals surface area contributed by atoms with Gasteiger partial charge in [-0.3, -0.25) is 9.69 Å². The lowest BCUT2D eigenvalue weighted by Gasteiger charge is -2.32. The van der Waals surface area contributed by atoms with Gasteiger partial charge in [0, 0.05) is 41.3 Å². The van der Waals surface area contributed by atoms with E-state index in [-0.39, 0.29) is 24.4 Å². The van der Waals surface area contributed by atoms with Crippen LogP contribution in [-0.4, -0.2) is 51.0 Å². The van der Waals surface area contributed by atoms with E-state index in [1.54, 1.807) is 12.1 Å². The summed E-state index contributed by atoms with van der Waals surface area (Å²) in [5.74, 6) is 1.19. The molecule has 0 bridgehead atoms. The number of hydrogen-bond acceptors (Lipinski definition) is 6. The number of carbonyl (C=O) groups is 1. The number of ether oxygens (including phenoxy) is 2. The van der Waals surface area contributed by atoms with Gasteiger partial charge in [-0.25, -0.2) is 14.4 Å². The highest BCUT2D eigenvalue weighted by atomic mass is 19.1. The van der Waals surface area contributed by atoms with Crippen molar-refractivity contribution in [1.29, 1.82) is 0 Å². The second-order valence-electron chi connectivity index (χ2n) is 12.5. The minimum Gasteiger partial charge on any atom is -0.473 e. The average Bonchev–Trinajstić information content (AvgIpc) is 3.34. The molecular weight excluding hydrogens is 555 g/mol. The molecule has 0 amide bonds. The number of piperidine rings is 1. The van der Waals surface area contributed by atoms with Gasteiger partial charge in [0.15, 0.2) is 5.78 Å². The van der Waals surface area contributed by atoms with Crippen LogP contribution in [-0.2, 0) is 24.4 Å². The molecule has 0 aliphatic carbocycles. The molecule has 6 rings (SSSR count). The molecule has 44 heavy (non-hydrogen) atoms. The molecule has 0 saturated carbocycles. The second kappa shape index (κ2) is 13.0. The Kier molecular flexibility index (Phi) is 8.91. The predicted molar refractivity (Wildman–Crippen MR) is 170 cm³/mol. The molecule has 2 aromatic heterocycles. The third-order valence-corrected chi connectivity index (χ3v) is 8.85. The summed E-state index contributed by atoms with van der Waals surface area (Å²) in [7, 11) is 0. The van der Waals surface area contributed by atoms with Gasteiger partial charge in [-0.1, -0.05) is 50.3 Å². The monoisotopic (exact) mass is 596 g/mol. The van der Waals surface area contributed by atoms with Crippen molar-refractivity contribution in [1.82, 2.24) is 19.4 Å². The number of Topliss-reactive ketones (excluding diaryl/α,β-unsaturated/α-hetero) is 1. The van der Waals surface area contributed by atoms with Crippen LogP contribution in [0.1, 0.15) is 79.0 Å². The molecule has 0 spiro atoms. The number of benzene rings is 2. The minimum atomic E-state index is -0.440. The number of pyridine rings is 1. The van der Waals surface area contributed by atoms with E-state index in [2.05, 4.69) is 40.3 Å². The van der Waals surface area contributed by atoms with Crippen LogP contribution in [0.15, 0.2) is 61.2 Å². The molecule has 8 heteroatoms. The van der Waals surface area contributed by atoms with Gasteiger partial charge in [0.1, 0.15) is 18.2 Å². The first-order valence-electron chi connectivity index (χ1n) is 15.7. The quantitative estimate of drug-likeness (QED) is 0.171. The Balaban J connectivity index is 1.08. The lowest BCUT2D eigenvalue weighted by atomic mass is 9.93. The smallest absolute Gasteiger partial charge is 0.213 e. The van der Waals surface area contributed by atoms with E-state index in [1.165, 1.54) is 6.07 Å². The standard InChI is InChI=1S/C36H41FN4O3/c1-23(2)26-10-11-32-33(19-26)41(20-29-14-17-43-29)34(38-32)21-40-15-12-25(13-16-40)31-6-5-7-35(39-31)44-22-28-9-8-27(18-30(28)37)36(42)24(3)4/h5-11,18-19,24-25,29H,1,12-17,20-22H2,2-4H3. The van der Waals surface area contributed by atoms with Crippen LogP contribution in [0.3, 0.4) is 0 Å². The van der Waals surface area contributed by atoms with Crippen LogP contribution < -0.4 is 4.74 Å². The fourth-order valence-electron chi connectivity index (χ4n) is 6.02. The third-order valence-electron chi connectivity index (χ3n) is 8.85. The maximum atomic E-state index is 14.7. The zero-order valence-corrected chi connectivity index (χ0v) is 25.9. The Labute approximate surface area is 258 Å². The molecule has 2 aromatic carbocycles. The first-order chi connectivity index (χ1) is 21.2. The molecule has 1 unspecified atom stereocenters. The summed E-state index contributed by atoms with van der Waals surface area (Å²) in [5.41, 5.74) is 6.13. The maximum absolute atomic E-state index is 14.7.